The summed E-state index contributed by atoms with van der Waals surface area (Å²) in [5, 5.41) is 0. The van der Waals surface area contributed by atoms with Crippen LogP contribution in [-0.2, 0) is 9.53 Å². The zero-order valence-electron chi connectivity index (χ0n) is 9.69. The molecule has 0 aromatic rings. The highest BCUT2D eigenvalue weighted by molar-refractivity contribution is 8.00. The molecule has 0 bridgehead atoms. The molecule has 0 unspecified atom stereocenters. The zero-order valence-corrected chi connectivity index (χ0v) is 10.5. The Balaban J connectivity index is 3.82. The van der Waals surface area contributed by atoms with E-state index in [1.165, 1.54) is 0 Å². The number of hydrogen-bond acceptors (Lipinski definition) is 3. The van der Waals surface area contributed by atoms with Gasteiger partial charge in [-0.1, -0.05) is 6.92 Å². The number of ether oxygens (including phenoxy) is 1. The van der Waals surface area contributed by atoms with Gasteiger partial charge in [-0.3, -0.25) is 4.79 Å². The summed E-state index contributed by atoms with van der Waals surface area (Å²) < 4.78 is 40.1. The third kappa shape index (κ3) is 8.88. The Hall–Kier alpha value is -0.390. The van der Waals surface area contributed by atoms with Gasteiger partial charge >= 0.3 is 12.1 Å². The van der Waals surface area contributed by atoms with E-state index >= 15 is 0 Å². The third-order valence-corrected chi connectivity index (χ3v) is 3.06. The van der Waals surface area contributed by atoms with Crippen LogP contribution in [0, 0.1) is 0 Å². The molecule has 0 N–H and O–H groups in total. The van der Waals surface area contributed by atoms with Crippen LogP contribution in [0.3, 0.4) is 0 Å². The van der Waals surface area contributed by atoms with Crippen LogP contribution in [0.25, 0.3) is 0 Å². The van der Waals surface area contributed by atoms with Gasteiger partial charge in [-0.25, -0.2) is 0 Å². The molecule has 0 saturated heterocycles. The summed E-state index contributed by atoms with van der Waals surface area (Å²) in [6.45, 7) is 5.34. The van der Waals surface area contributed by atoms with Crippen molar-refractivity contribution in [2.45, 2.75) is 44.5 Å². The number of alkyl halides is 3. The highest BCUT2D eigenvalue weighted by Crippen LogP contribution is 2.29. The first-order chi connectivity index (χ1) is 7.16. The van der Waals surface area contributed by atoms with Crippen molar-refractivity contribution in [1.82, 2.24) is 0 Å². The van der Waals surface area contributed by atoms with Gasteiger partial charge in [0.1, 0.15) is 6.61 Å². The van der Waals surface area contributed by atoms with Gasteiger partial charge in [-0.2, -0.15) is 24.9 Å². The van der Waals surface area contributed by atoms with Gasteiger partial charge in [-0.05, 0) is 13.8 Å². The fraction of sp³-hybridized carbons (Fsp3) is 0.900. The standard InChI is InChI=1S/C10H17F3O2S/c1-4-8(14)15-7-9(2,3)16-6-5-10(11,12)13/h4-7H2,1-3H3. The fourth-order valence-corrected chi connectivity index (χ4v) is 1.87. The van der Waals surface area contributed by atoms with Gasteiger partial charge in [0.25, 0.3) is 0 Å². The van der Waals surface area contributed by atoms with Crippen LogP contribution in [0.1, 0.15) is 33.6 Å². The number of halogens is 3. The summed E-state index contributed by atoms with van der Waals surface area (Å²) in [5.74, 6) is -0.343. The fourth-order valence-electron chi connectivity index (χ4n) is 0.841. The monoisotopic (exact) mass is 258 g/mol. The SMILES string of the molecule is CCC(=O)OCC(C)(C)SCCC(F)(F)F. The van der Waals surface area contributed by atoms with E-state index in [4.69, 9.17) is 4.74 Å². The molecule has 0 aliphatic heterocycles. The number of hydrogen-bond donors (Lipinski definition) is 0. The van der Waals surface area contributed by atoms with Crippen LogP contribution in [0.5, 0.6) is 0 Å². The normalized spacial score (nSPS) is 12.6. The Bertz CT molecular complexity index is 227. The molecule has 0 heterocycles. The van der Waals surface area contributed by atoms with E-state index in [9.17, 15) is 18.0 Å². The van der Waals surface area contributed by atoms with Crippen molar-refractivity contribution < 1.29 is 22.7 Å². The summed E-state index contributed by atoms with van der Waals surface area (Å²) in [6, 6.07) is 0. The molecule has 0 rings (SSSR count). The first kappa shape index (κ1) is 15.6. The average Bonchev–Trinajstić information content (AvgIpc) is 2.12. The Kier molecular flexibility index (Phi) is 6.22. The van der Waals surface area contributed by atoms with Gasteiger partial charge in [-0.15, -0.1) is 0 Å². The predicted octanol–water partition coefficient (Wildman–Crippen LogP) is 3.40. The minimum atomic E-state index is -4.12. The van der Waals surface area contributed by atoms with E-state index in [2.05, 4.69) is 0 Å². The van der Waals surface area contributed by atoms with E-state index in [0.29, 0.717) is 0 Å². The number of thioether (sulfide) groups is 1. The lowest BCUT2D eigenvalue weighted by atomic mass is 10.2. The molecule has 0 aliphatic rings. The van der Waals surface area contributed by atoms with Crippen LogP contribution >= 0.6 is 11.8 Å². The highest BCUT2D eigenvalue weighted by atomic mass is 32.2. The summed E-state index contributed by atoms with van der Waals surface area (Å²) in [4.78, 5) is 10.9. The minimum absolute atomic E-state index is 0.0137. The van der Waals surface area contributed by atoms with E-state index in [1.54, 1.807) is 20.8 Å². The van der Waals surface area contributed by atoms with Crippen molar-refractivity contribution in [2.75, 3.05) is 12.4 Å². The molecule has 96 valence electrons. The van der Waals surface area contributed by atoms with Crippen molar-refractivity contribution in [1.29, 1.82) is 0 Å². The minimum Gasteiger partial charge on any atom is -0.464 e. The predicted molar refractivity (Wildman–Crippen MR) is 58.5 cm³/mol. The molecule has 0 saturated carbocycles. The number of esters is 1. The van der Waals surface area contributed by atoms with Crippen molar-refractivity contribution >= 4 is 17.7 Å². The second-order valence-electron chi connectivity index (χ2n) is 3.99. The zero-order chi connectivity index (χ0) is 12.8. The maximum atomic E-state index is 11.9. The second-order valence-corrected chi connectivity index (χ2v) is 5.79. The molecule has 2 nitrogen and oxygen atoms in total. The molecule has 16 heavy (non-hydrogen) atoms. The average molecular weight is 258 g/mol. The molecule has 0 amide bonds. The highest BCUT2D eigenvalue weighted by Gasteiger charge is 2.29. The topological polar surface area (TPSA) is 26.3 Å². The molecule has 0 fully saturated rings. The Labute approximate surface area is 97.9 Å². The summed E-state index contributed by atoms with van der Waals surface area (Å²) in [6.07, 6.45) is -4.66. The third-order valence-electron chi connectivity index (χ3n) is 1.75. The van der Waals surface area contributed by atoms with Gasteiger partial charge in [0.15, 0.2) is 0 Å². The molecule has 0 radical (unpaired) electrons. The molecule has 0 atom stereocenters. The molecule has 0 aromatic carbocycles. The number of rotatable bonds is 6. The first-order valence-electron chi connectivity index (χ1n) is 5.02. The summed E-state index contributed by atoms with van der Waals surface area (Å²) in [7, 11) is 0. The van der Waals surface area contributed by atoms with Crippen molar-refractivity contribution in [2.24, 2.45) is 0 Å². The van der Waals surface area contributed by atoms with E-state index in [-0.39, 0.29) is 24.7 Å². The van der Waals surface area contributed by atoms with Gasteiger partial charge in [0.2, 0.25) is 0 Å². The van der Waals surface area contributed by atoms with E-state index in [0.717, 1.165) is 11.8 Å². The van der Waals surface area contributed by atoms with Gasteiger partial charge in [0.05, 0.1) is 6.42 Å². The summed E-state index contributed by atoms with van der Waals surface area (Å²) in [5.41, 5.74) is 0. The van der Waals surface area contributed by atoms with Crippen LogP contribution in [0.4, 0.5) is 13.2 Å². The maximum absolute atomic E-state index is 11.9. The van der Waals surface area contributed by atoms with Crippen molar-refractivity contribution in [3.63, 3.8) is 0 Å². The maximum Gasteiger partial charge on any atom is 0.389 e. The van der Waals surface area contributed by atoms with Crippen molar-refractivity contribution in [3.8, 4) is 0 Å². The van der Waals surface area contributed by atoms with Crippen LogP contribution in [-0.4, -0.2) is 29.3 Å². The molecule has 0 spiro atoms. The Morgan fingerprint density at radius 2 is 1.88 bits per heavy atom. The second kappa shape index (κ2) is 6.37. The quantitative estimate of drug-likeness (QED) is 0.683. The lowest BCUT2D eigenvalue weighted by Crippen LogP contribution is -2.26. The first-order valence-corrected chi connectivity index (χ1v) is 6.01. The van der Waals surface area contributed by atoms with Crippen LogP contribution in [0.15, 0.2) is 0 Å². The number of carbonyl (C=O) groups excluding carboxylic acids is 1. The summed E-state index contributed by atoms with van der Waals surface area (Å²) >= 11 is 1.16. The van der Waals surface area contributed by atoms with Gasteiger partial charge in [0, 0.05) is 16.9 Å². The Morgan fingerprint density at radius 1 is 1.31 bits per heavy atom. The van der Waals surface area contributed by atoms with Crippen LogP contribution in [0.2, 0.25) is 0 Å². The molecular formula is C10H17F3O2S. The largest absolute Gasteiger partial charge is 0.464 e. The number of carbonyl (C=O) groups is 1. The van der Waals surface area contributed by atoms with E-state index < -0.39 is 17.3 Å². The van der Waals surface area contributed by atoms with E-state index in [1.807, 2.05) is 0 Å². The van der Waals surface area contributed by atoms with Gasteiger partial charge < -0.3 is 4.74 Å². The molecule has 6 heteroatoms. The van der Waals surface area contributed by atoms with Crippen molar-refractivity contribution in [3.05, 3.63) is 0 Å². The molecule has 0 aliphatic carbocycles. The van der Waals surface area contributed by atoms with Crippen LogP contribution < -0.4 is 0 Å². The molecular weight excluding hydrogens is 241 g/mol. The smallest absolute Gasteiger partial charge is 0.389 e. The lowest BCUT2D eigenvalue weighted by Gasteiger charge is -2.23. The molecule has 0 aromatic heterocycles. The lowest BCUT2D eigenvalue weighted by molar-refractivity contribution is -0.144. The Morgan fingerprint density at radius 3 is 2.31 bits per heavy atom.